The molecule has 210 valence electrons. The molecule has 7 nitrogen and oxygen atoms in total. The fourth-order valence-corrected chi connectivity index (χ4v) is 6.95. The lowest BCUT2D eigenvalue weighted by Crippen LogP contribution is -2.31. The van der Waals surface area contributed by atoms with Gasteiger partial charge in [0, 0.05) is 28.5 Å². The van der Waals surface area contributed by atoms with Crippen LogP contribution >= 0.6 is 39.3 Å². The Balaban J connectivity index is 1.35. The maximum atomic E-state index is 13.3. The first-order valence-corrected chi connectivity index (χ1v) is 15.5. The first-order valence-electron chi connectivity index (χ1n) is 13.3. The Kier molecular flexibility index (Phi) is 8.10. The van der Waals surface area contributed by atoms with Crippen LogP contribution < -0.4 is 14.8 Å². The van der Waals surface area contributed by atoms with Gasteiger partial charge in [-0.15, -0.1) is 5.10 Å². The number of nitrogens with zero attached hydrogens (tertiary/aromatic N) is 3. The Morgan fingerprint density at radius 2 is 2.00 bits per heavy atom. The van der Waals surface area contributed by atoms with Crippen LogP contribution in [0.1, 0.15) is 47.6 Å². The number of rotatable bonds is 8. The summed E-state index contributed by atoms with van der Waals surface area (Å²) in [6, 6.07) is 19.4. The maximum absolute atomic E-state index is 13.3. The molecule has 0 spiro atoms. The number of methoxy groups -OCH3 is 1. The van der Waals surface area contributed by atoms with Crippen LogP contribution in [0.15, 0.2) is 81.6 Å². The largest absolute Gasteiger partial charge is 0.493 e. The molecular weight excluding hydrogens is 624 g/mol. The second kappa shape index (κ2) is 11.9. The Morgan fingerprint density at radius 3 is 2.80 bits per heavy atom. The second-order valence-corrected chi connectivity index (χ2v) is 12.3. The van der Waals surface area contributed by atoms with Crippen molar-refractivity contribution in [2.24, 2.45) is 0 Å². The summed E-state index contributed by atoms with van der Waals surface area (Å²) in [5.74, 6) is 2.53. The van der Waals surface area contributed by atoms with Crippen molar-refractivity contribution in [3.8, 4) is 11.5 Å². The molecule has 1 N–H and O–H groups in total. The molecule has 0 saturated carbocycles. The average molecular weight is 652 g/mol. The summed E-state index contributed by atoms with van der Waals surface area (Å²) in [4.78, 5) is 18.1. The van der Waals surface area contributed by atoms with Crippen molar-refractivity contribution >= 4 is 51.0 Å². The lowest BCUT2D eigenvalue weighted by Gasteiger charge is -2.32. The third-order valence-electron chi connectivity index (χ3n) is 7.20. The van der Waals surface area contributed by atoms with Crippen LogP contribution in [0.3, 0.4) is 0 Å². The molecule has 0 saturated heterocycles. The third kappa shape index (κ3) is 5.76. The second-order valence-electron chi connectivity index (χ2n) is 10.1. The Labute approximate surface area is 256 Å². The third-order valence-corrected chi connectivity index (χ3v) is 9.04. The van der Waals surface area contributed by atoms with Crippen molar-refractivity contribution < 1.29 is 14.3 Å². The Hall–Kier alpha value is -3.27. The number of hydrogen-bond acceptors (Lipinski definition) is 7. The van der Waals surface area contributed by atoms with Gasteiger partial charge in [-0.1, -0.05) is 71.4 Å². The highest BCUT2D eigenvalue weighted by Gasteiger charge is 2.37. The van der Waals surface area contributed by atoms with Gasteiger partial charge in [-0.25, -0.2) is 4.68 Å². The van der Waals surface area contributed by atoms with Crippen molar-refractivity contribution in [3.63, 3.8) is 0 Å². The highest BCUT2D eigenvalue weighted by molar-refractivity contribution is 9.10. The fraction of sp³-hybridized carbons (Fsp3) is 0.258. The Morgan fingerprint density at radius 1 is 1.15 bits per heavy atom. The van der Waals surface area contributed by atoms with Crippen LogP contribution in [0.4, 0.5) is 5.95 Å². The first-order chi connectivity index (χ1) is 19.9. The number of thioether (sulfide) groups is 1. The number of hydrogen-bond donors (Lipinski definition) is 1. The summed E-state index contributed by atoms with van der Waals surface area (Å²) >= 11 is 11.6. The number of carbonyl (C=O) groups excluding carboxylic acids is 1. The van der Waals surface area contributed by atoms with E-state index in [2.05, 4.69) is 40.3 Å². The molecule has 1 atom stereocenters. The van der Waals surface area contributed by atoms with E-state index in [1.165, 1.54) is 17.3 Å². The Bertz CT molecular complexity index is 1670. The lowest BCUT2D eigenvalue weighted by molar-refractivity contribution is -0.116. The van der Waals surface area contributed by atoms with Gasteiger partial charge < -0.3 is 14.8 Å². The molecule has 4 aromatic rings. The van der Waals surface area contributed by atoms with Crippen LogP contribution in [0, 0.1) is 6.92 Å². The van der Waals surface area contributed by atoms with E-state index in [0.29, 0.717) is 46.4 Å². The van der Waals surface area contributed by atoms with E-state index in [0.717, 1.165) is 45.3 Å². The summed E-state index contributed by atoms with van der Waals surface area (Å²) in [6.45, 7) is 2.46. The molecule has 0 bridgehead atoms. The molecule has 0 radical (unpaired) electrons. The minimum atomic E-state index is -0.452. The topological polar surface area (TPSA) is 78.3 Å². The molecule has 41 heavy (non-hydrogen) atoms. The summed E-state index contributed by atoms with van der Waals surface area (Å²) in [7, 11) is 1.62. The highest BCUT2D eigenvalue weighted by atomic mass is 79.9. The van der Waals surface area contributed by atoms with Crippen LogP contribution in [0.5, 0.6) is 11.5 Å². The number of aryl methyl sites for hydroxylation is 1. The van der Waals surface area contributed by atoms with Gasteiger partial charge in [0.05, 0.1) is 11.6 Å². The molecule has 10 heteroatoms. The van der Waals surface area contributed by atoms with Crippen LogP contribution in [0.25, 0.3) is 0 Å². The molecule has 1 aromatic heterocycles. The monoisotopic (exact) mass is 650 g/mol. The smallest absolute Gasteiger partial charge is 0.227 e. The molecule has 2 aliphatic rings. The van der Waals surface area contributed by atoms with Gasteiger partial charge in [0.2, 0.25) is 11.1 Å². The van der Waals surface area contributed by atoms with Crippen molar-refractivity contribution in [3.05, 3.63) is 104 Å². The van der Waals surface area contributed by atoms with E-state index in [1.807, 2.05) is 53.2 Å². The lowest BCUT2D eigenvalue weighted by atomic mass is 9.85. The fourth-order valence-electron chi connectivity index (χ4n) is 5.26. The number of allylic oxidation sites excluding steroid dienone is 2. The minimum absolute atomic E-state index is 0.116. The van der Waals surface area contributed by atoms with E-state index in [1.54, 1.807) is 7.11 Å². The van der Waals surface area contributed by atoms with Gasteiger partial charge in [0.15, 0.2) is 17.3 Å². The van der Waals surface area contributed by atoms with Gasteiger partial charge in [-0.2, -0.15) is 4.98 Å². The zero-order chi connectivity index (χ0) is 28.5. The molecule has 6 rings (SSSR count). The normalized spacial score (nSPS) is 16.2. The van der Waals surface area contributed by atoms with Gasteiger partial charge in [0.1, 0.15) is 12.6 Å². The summed E-state index contributed by atoms with van der Waals surface area (Å²) < 4.78 is 14.6. The van der Waals surface area contributed by atoms with Crippen LogP contribution in [0.2, 0.25) is 5.02 Å². The first kappa shape index (κ1) is 27.9. The molecule has 3 aromatic carbocycles. The number of halogens is 2. The number of carbonyl (C=O) groups is 1. The molecule has 0 amide bonds. The molecule has 0 fully saturated rings. The van der Waals surface area contributed by atoms with Gasteiger partial charge in [0.25, 0.3) is 0 Å². The van der Waals surface area contributed by atoms with Gasteiger partial charge in [-0.3, -0.25) is 4.79 Å². The molecular formula is C31H28BrClN4O3S. The SMILES string of the molecule is COc1cc(C2C3=C(CCCC3=O)Nc3nc(SCc4ccccc4Cl)nn32)cc(Br)c1OCc1cccc(C)c1. The number of fused-ring (bicyclic) bond motifs is 1. The predicted molar refractivity (Wildman–Crippen MR) is 165 cm³/mol. The van der Waals surface area contributed by atoms with Gasteiger partial charge >= 0.3 is 0 Å². The zero-order valence-electron chi connectivity index (χ0n) is 22.6. The summed E-state index contributed by atoms with van der Waals surface area (Å²) in [6.07, 6.45) is 2.09. The molecule has 1 aliphatic heterocycles. The van der Waals surface area contributed by atoms with Crippen molar-refractivity contribution in [1.29, 1.82) is 0 Å². The quantitative estimate of drug-likeness (QED) is 0.194. The van der Waals surface area contributed by atoms with Crippen molar-refractivity contribution in [1.82, 2.24) is 14.8 Å². The van der Waals surface area contributed by atoms with Crippen molar-refractivity contribution in [2.75, 3.05) is 12.4 Å². The number of nitrogens with one attached hydrogen (secondary N) is 1. The van der Waals surface area contributed by atoms with E-state index >= 15 is 0 Å². The number of aromatic nitrogens is 3. The van der Waals surface area contributed by atoms with E-state index in [9.17, 15) is 4.79 Å². The minimum Gasteiger partial charge on any atom is -0.493 e. The van der Waals surface area contributed by atoms with E-state index < -0.39 is 6.04 Å². The highest BCUT2D eigenvalue weighted by Crippen LogP contribution is 2.45. The summed E-state index contributed by atoms with van der Waals surface area (Å²) in [5.41, 5.74) is 5.74. The predicted octanol–water partition coefficient (Wildman–Crippen LogP) is 7.90. The zero-order valence-corrected chi connectivity index (χ0v) is 25.8. The van der Waals surface area contributed by atoms with Gasteiger partial charge in [-0.05, 0) is 70.6 Å². The standard InChI is InChI=1S/C31H28BrClN4O3S/c1-18-7-5-8-19(13-18)16-40-29-22(32)14-21(15-26(29)39-2)28-27-24(11-6-12-25(27)38)34-30-35-31(36-37(28)30)41-17-20-9-3-4-10-23(20)33/h3-5,7-10,13-15,28H,6,11-12,16-17H2,1-2H3,(H,34,35,36). The number of Topliss-reactive ketones (excluding diaryl/α,β-unsaturated/α-hetero) is 1. The van der Waals surface area contributed by atoms with E-state index in [-0.39, 0.29) is 5.78 Å². The maximum Gasteiger partial charge on any atom is 0.227 e. The molecule has 1 aliphatic carbocycles. The van der Waals surface area contributed by atoms with Crippen molar-refractivity contribution in [2.45, 2.75) is 49.7 Å². The number of benzene rings is 3. The molecule has 1 unspecified atom stereocenters. The molecule has 2 heterocycles. The average Bonchev–Trinajstić information content (AvgIpc) is 3.37. The van der Waals surface area contributed by atoms with Crippen LogP contribution in [-0.4, -0.2) is 27.7 Å². The van der Waals surface area contributed by atoms with Crippen LogP contribution in [-0.2, 0) is 17.2 Å². The number of ketones is 1. The summed E-state index contributed by atoms with van der Waals surface area (Å²) in [5, 5.41) is 9.58. The number of ether oxygens (including phenoxy) is 2. The number of anilines is 1. The van der Waals surface area contributed by atoms with E-state index in [4.69, 9.17) is 31.2 Å².